The highest BCUT2D eigenvalue weighted by atomic mass is 19.1. The maximum atomic E-state index is 14.6. The lowest BCUT2D eigenvalue weighted by Crippen LogP contribution is -2.35. The van der Waals surface area contributed by atoms with Gasteiger partial charge in [-0.25, -0.2) is 9.18 Å². The molecule has 1 aliphatic rings. The molecule has 2 atom stereocenters. The van der Waals surface area contributed by atoms with Crippen LogP contribution in [0.5, 0.6) is 0 Å². The van der Waals surface area contributed by atoms with Gasteiger partial charge in [0.25, 0.3) is 0 Å². The SMILES string of the molecule is CC(C)(C)OC(=O)N1CCC(C(F)c2cccc(N)c2)C1. The zero-order valence-corrected chi connectivity index (χ0v) is 12.8. The summed E-state index contributed by atoms with van der Waals surface area (Å²) in [6.07, 6.45) is -0.847. The van der Waals surface area contributed by atoms with Gasteiger partial charge in [0.1, 0.15) is 11.8 Å². The number of nitrogens with two attached hydrogens (primary N) is 1. The van der Waals surface area contributed by atoms with E-state index in [0.29, 0.717) is 30.8 Å². The summed E-state index contributed by atoms with van der Waals surface area (Å²) in [5, 5.41) is 0. The molecule has 21 heavy (non-hydrogen) atoms. The molecular weight excluding hydrogens is 271 g/mol. The van der Waals surface area contributed by atoms with Crippen molar-refractivity contribution in [3.8, 4) is 0 Å². The summed E-state index contributed by atoms with van der Waals surface area (Å²) >= 11 is 0. The number of nitrogens with zero attached hydrogens (tertiary/aromatic N) is 1. The molecule has 0 bridgehead atoms. The summed E-state index contributed by atoms with van der Waals surface area (Å²) < 4.78 is 19.9. The van der Waals surface area contributed by atoms with Crippen molar-refractivity contribution in [3.63, 3.8) is 0 Å². The first-order valence-corrected chi connectivity index (χ1v) is 7.24. The number of rotatable bonds is 2. The number of benzene rings is 1. The molecule has 2 N–H and O–H groups in total. The highest BCUT2D eigenvalue weighted by molar-refractivity contribution is 5.68. The molecule has 2 rings (SSSR count). The minimum absolute atomic E-state index is 0.209. The van der Waals surface area contributed by atoms with Gasteiger partial charge in [-0.2, -0.15) is 0 Å². The first-order valence-electron chi connectivity index (χ1n) is 7.24. The summed E-state index contributed by atoms with van der Waals surface area (Å²) in [7, 11) is 0. The summed E-state index contributed by atoms with van der Waals surface area (Å²) in [5.74, 6) is -0.209. The van der Waals surface area contributed by atoms with E-state index in [1.54, 1.807) is 29.2 Å². The minimum atomic E-state index is -1.11. The molecule has 2 unspecified atom stereocenters. The second-order valence-corrected chi connectivity index (χ2v) is 6.55. The number of ether oxygens (including phenoxy) is 1. The molecule has 1 aromatic rings. The van der Waals surface area contributed by atoms with Crippen LogP contribution in [0.3, 0.4) is 0 Å². The fraction of sp³-hybridized carbons (Fsp3) is 0.562. The summed E-state index contributed by atoms with van der Waals surface area (Å²) in [6, 6.07) is 6.87. The molecule has 1 heterocycles. The van der Waals surface area contributed by atoms with Crippen molar-refractivity contribution < 1.29 is 13.9 Å². The number of likely N-dealkylation sites (tertiary alicyclic amines) is 1. The third-order valence-corrected chi connectivity index (χ3v) is 3.52. The van der Waals surface area contributed by atoms with Gasteiger partial charge in [0, 0.05) is 24.7 Å². The molecule has 0 aliphatic carbocycles. The Labute approximate surface area is 125 Å². The number of anilines is 1. The Morgan fingerprint density at radius 3 is 2.81 bits per heavy atom. The number of carbonyl (C=O) groups is 1. The Kier molecular flexibility index (Phi) is 4.40. The van der Waals surface area contributed by atoms with E-state index >= 15 is 0 Å². The predicted octanol–water partition coefficient (Wildman–Crippen LogP) is 3.54. The van der Waals surface area contributed by atoms with E-state index in [9.17, 15) is 9.18 Å². The van der Waals surface area contributed by atoms with Crippen molar-refractivity contribution in [1.82, 2.24) is 4.90 Å². The van der Waals surface area contributed by atoms with Gasteiger partial charge >= 0.3 is 6.09 Å². The van der Waals surface area contributed by atoms with Crippen LogP contribution in [-0.4, -0.2) is 29.7 Å². The van der Waals surface area contributed by atoms with Crippen LogP contribution in [-0.2, 0) is 4.74 Å². The van der Waals surface area contributed by atoms with E-state index in [1.165, 1.54) is 0 Å². The summed E-state index contributed by atoms with van der Waals surface area (Å²) in [5.41, 5.74) is 6.29. The van der Waals surface area contributed by atoms with Gasteiger partial charge in [0.2, 0.25) is 0 Å². The molecule has 1 saturated heterocycles. The highest BCUT2D eigenvalue weighted by Crippen LogP contribution is 2.34. The van der Waals surface area contributed by atoms with E-state index < -0.39 is 11.8 Å². The Bertz CT molecular complexity index is 513. The smallest absolute Gasteiger partial charge is 0.410 e. The minimum Gasteiger partial charge on any atom is -0.444 e. The van der Waals surface area contributed by atoms with Crippen LogP contribution < -0.4 is 5.73 Å². The number of hydrogen-bond acceptors (Lipinski definition) is 3. The summed E-state index contributed by atoms with van der Waals surface area (Å²) in [6.45, 7) is 6.38. The molecular formula is C16H23FN2O2. The Morgan fingerprint density at radius 1 is 1.48 bits per heavy atom. The van der Waals surface area contributed by atoms with Crippen molar-refractivity contribution in [2.75, 3.05) is 18.8 Å². The number of amides is 1. The van der Waals surface area contributed by atoms with E-state index in [1.807, 2.05) is 20.8 Å². The first-order chi connectivity index (χ1) is 9.76. The van der Waals surface area contributed by atoms with E-state index in [4.69, 9.17) is 10.5 Å². The zero-order valence-electron chi connectivity index (χ0n) is 12.8. The van der Waals surface area contributed by atoms with E-state index in [0.717, 1.165) is 0 Å². The van der Waals surface area contributed by atoms with Gasteiger partial charge < -0.3 is 15.4 Å². The van der Waals surface area contributed by atoms with Crippen LogP contribution in [0.25, 0.3) is 0 Å². The van der Waals surface area contributed by atoms with Crippen molar-refractivity contribution in [2.24, 2.45) is 5.92 Å². The Balaban J connectivity index is 1.97. The largest absolute Gasteiger partial charge is 0.444 e. The lowest BCUT2D eigenvalue weighted by molar-refractivity contribution is 0.0281. The fourth-order valence-electron chi connectivity index (χ4n) is 2.52. The monoisotopic (exact) mass is 294 g/mol. The van der Waals surface area contributed by atoms with Gasteiger partial charge in [0.15, 0.2) is 0 Å². The van der Waals surface area contributed by atoms with Crippen molar-refractivity contribution in [3.05, 3.63) is 29.8 Å². The molecule has 116 valence electrons. The average molecular weight is 294 g/mol. The highest BCUT2D eigenvalue weighted by Gasteiger charge is 2.34. The number of alkyl halides is 1. The predicted molar refractivity (Wildman–Crippen MR) is 80.6 cm³/mol. The lowest BCUT2D eigenvalue weighted by atomic mass is 9.96. The molecule has 0 aromatic heterocycles. The molecule has 4 nitrogen and oxygen atoms in total. The third-order valence-electron chi connectivity index (χ3n) is 3.52. The molecule has 1 aliphatic heterocycles. The maximum Gasteiger partial charge on any atom is 0.410 e. The second-order valence-electron chi connectivity index (χ2n) is 6.55. The molecule has 1 fully saturated rings. The zero-order chi connectivity index (χ0) is 15.6. The molecule has 1 amide bonds. The normalized spacial score (nSPS) is 20.4. The quantitative estimate of drug-likeness (QED) is 0.849. The molecule has 0 spiro atoms. The van der Waals surface area contributed by atoms with Gasteiger partial charge in [-0.05, 0) is 44.9 Å². The van der Waals surface area contributed by atoms with Crippen molar-refractivity contribution in [2.45, 2.75) is 39.0 Å². The summed E-state index contributed by atoms with van der Waals surface area (Å²) in [4.78, 5) is 13.6. The van der Waals surface area contributed by atoms with E-state index in [-0.39, 0.29) is 12.0 Å². The number of nitrogen functional groups attached to an aromatic ring is 1. The average Bonchev–Trinajstić information content (AvgIpc) is 2.85. The van der Waals surface area contributed by atoms with Crippen molar-refractivity contribution >= 4 is 11.8 Å². The van der Waals surface area contributed by atoms with Crippen molar-refractivity contribution in [1.29, 1.82) is 0 Å². The maximum absolute atomic E-state index is 14.6. The van der Waals surface area contributed by atoms with Crippen LogP contribution >= 0.6 is 0 Å². The second kappa shape index (κ2) is 5.92. The van der Waals surface area contributed by atoms with Crippen LogP contribution in [0.15, 0.2) is 24.3 Å². The Morgan fingerprint density at radius 2 is 2.19 bits per heavy atom. The topological polar surface area (TPSA) is 55.6 Å². The number of hydrogen-bond donors (Lipinski definition) is 1. The fourth-order valence-corrected chi connectivity index (χ4v) is 2.52. The molecule has 0 radical (unpaired) electrons. The third kappa shape index (κ3) is 4.09. The van der Waals surface area contributed by atoms with Crippen LogP contribution in [0.4, 0.5) is 14.9 Å². The number of halogens is 1. The van der Waals surface area contributed by atoms with Crippen LogP contribution in [0.2, 0.25) is 0 Å². The number of carbonyl (C=O) groups excluding carboxylic acids is 1. The Hall–Kier alpha value is -1.78. The molecule has 1 aromatic carbocycles. The molecule has 0 saturated carbocycles. The van der Waals surface area contributed by atoms with Crippen LogP contribution in [0.1, 0.15) is 38.9 Å². The van der Waals surface area contributed by atoms with Gasteiger partial charge in [-0.1, -0.05) is 12.1 Å². The lowest BCUT2D eigenvalue weighted by Gasteiger charge is -2.24. The first kappa shape index (κ1) is 15.6. The van der Waals surface area contributed by atoms with Gasteiger partial charge in [-0.3, -0.25) is 0 Å². The van der Waals surface area contributed by atoms with Crippen LogP contribution in [0, 0.1) is 5.92 Å². The van der Waals surface area contributed by atoms with E-state index in [2.05, 4.69) is 0 Å². The van der Waals surface area contributed by atoms with Gasteiger partial charge in [0.05, 0.1) is 0 Å². The standard InChI is InChI=1S/C16H23FN2O2/c1-16(2,3)21-15(20)19-8-7-12(10-19)14(17)11-5-4-6-13(18)9-11/h4-6,9,12,14H,7-8,10,18H2,1-3H3. The molecule has 5 heteroatoms. The van der Waals surface area contributed by atoms with Gasteiger partial charge in [-0.15, -0.1) is 0 Å².